The zero-order chi connectivity index (χ0) is 12.5. The Bertz CT molecular complexity index is 542. The molecule has 3 rings (SSSR count). The molecule has 0 bridgehead atoms. The molecule has 94 valence electrons. The van der Waals surface area contributed by atoms with Gasteiger partial charge >= 0.3 is 0 Å². The fraction of sp³-hybridized carbons (Fsp3) is 0.385. The molecular weight excluding hydrogens is 252 g/mol. The minimum absolute atomic E-state index is 0.241. The van der Waals surface area contributed by atoms with Crippen LogP contribution in [0, 0.1) is 6.92 Å². The lowest BCUT2D eigenvalue weighted by atomic mass is 10.1. The Morgan fingerprint density at radius 3 is 3.00 bits per heavy atom. The van der Waals surface area contributed by atoms with E-state index in [1.165, 1.54) is 0 Å². The van der Waals surface area contributed by atoms with Gasteiger partial charge in [0.15, 0.2) is 5.82 Å². The molecule has 2 aromatic rings. The number of aromatic nitrogens is 2. The summed E-state index contributed by atoms with van der Waals surface area (Å²) in [6.45, 7) is 3.41. The largest absolute Gasteiger partial charge is 0.381 e. The number of hydrogen-bond acceptors (Lipinski definition) is 4. The number of hydrogen-bond donors (Lipinski definition) is 0. The van der Waals surface area contributed by atoms with Gasteiger partial charge in [-0.05, 0) is 25.0 Å². The van der Waals surface area contributed by atoms with Gasteiger partial charge in [-0.3, -0.25) is 0 Å². The van der Waals surface area contributed by atoms with Gasteiger partial charge in [-0.15, -0.1) is 0 Å². The molecule has 0 aliphatic carbocycles. The van der Waals surface area contributed by atoms with E-state index in [9.17, 15) is 0 Å². The summed E-state index contributed by atoms with van der Waals surface area (Å²) in [5, 5.41) is 4.66. The highest BCUT2D eigenvalue weighted by Gasteiger charge is 2.24. The Kier molecular flexibility index (Phi) is 3.06. The SMILES string of the molecule is Cc1cccc(Cl)c1-c1nc(C2CCOC2)no1. The van der Waals surface area contributed by atoms with Gasteiger partial charge in [0.25, 0.3) is 5.89 Å². The fourth-order valence-corrected chi connectivity index (χ4v) is 2.45. The van der Waals surface area contributed by atoms with Crippen molar-refractivity contribution in [2.45, 2.75) is 19.3 Å². The zero-order valence-corrected chi connectivity index (χ0v) is 10.8. The second-order valence-electron chi connectivity index (χ2n) is 4.45. The van der Waals surface area contributed by atoms with Gasteiger partial charge in [0.2, 0.25) is 0 Å². The summed E-state index contributed by atoms with van der Waals surface area (Å²) in [5.74, 6) is 1.44. The summed E-state index contributed by atoms with van der Waals surface area (Å²) < 4.78 is 10.6. The molecule has 1 saturated heterocycles. The van der Waals surface area contributed by atoms with Crippen LogP contribution in [-0.4, -0.2) is 23.4 Å². The van der Waals surface area contributed by atoms with Crippen LogP contribution in [0.1, 0.15) is 23.7 Å². The summed E-state index contributed by atoms with van der Waals surface area (Å²) in [5.41, 5.74) is 1.84. The van der Waals surface area contributed by atoms with E-state index in [0.29, 0.717) is 23.3 Å². The molecule has 0 saturated carbocycles. The monoisotopic (exact) mass is 264 g/mol. The molecule has 2 heterocycles. The summed E-state index contributed by atoms with van der Waals surface area (Å²) in [6, 6.07) is 5.71. The maximum absolute atomic E-state index is 6.18. The smallest absolute Gasteiger partial charge is 0.259 e. The normalized spacial score (nSPS) is 19.3. The molecule has 5 heteroatoms. The van der Waals surface area contributed by atoms with Crippen molar-refractivity contribution in [3.05, 3.63) is 34.6 Å². The van der Waals surface area contributed by atoms with E-state index in [1.54, 1.807) is 0 Å². The second-order valence-corrected chi connectivity index (χ2v) is 4.86. The summed E-state index contributed by atoms with van der Waals surface area (Å²) in [4.78, 5) is 4.44. The van der Waals surface area contributed by atoms with Crippen LogP contribution in [0.25, 0.3) is 11.5 Å². The van der Waals surface area contributed by atoms with Crippen LogP contribution < -0.4 is 0 Å². The maximum atomic E-state index is 6.18. The molecule has 1 aliphatic heterocycles. The molecule has 1 aromatic carbocycles. The molecule has 18 heavy (non-hydrogen) atoms. The molecule has 1 unspecified atom stereocenters. The van der Waals surface area contributed by atoms with Crippen molar-refractivity contribution in [1.82, 2.24) is 10.1 Å². The average molecular weight is 265 g/mol. The van der Waals surface area contributed by atoms with Crippen molar-refractivity contribution in [3.8, 4) is 11.5 Å². The van der Waals surface area contributed by atoms with E-state index in [1.807, 2.05) is 25.1 Å². The van der Waals surface area contributed by atoms with E-state index in [4.69, 9.17) is 20.9 Å². The lowest BCUT2D eigenvalue weighted by molar-refractivity contribution is 0.192. The maximum Gasteiger partial charge on any atom is 0.259 e. The topological polar surface area (TPSA) is 48.2 Å². The first-order valence-electron chi connectivity index (χ1n) is 5.92. The lowest BCUT2D eigenvalue weighted by Crippen LogP contribution is -1.99. The van der Waals surface area contributed by atoms with Crippen LogP contribution in [0.4, 0.5) is 0 Å². The Hall–Kier alpha value is -1.39. The number of aryl methyl sites for hydroxylation is 1. The van der Waals surface area contributed by atoms with Gasteiger partial charge in [0.1, 0.15) is 0 Å². The highest BCUT2D eigenvalue weighted by atomic mass is 35.5. The van der Waals surface area contributed by atoms with E-state index in [0.717, 1.165) is 24.2 Å². The number of nitrogens with zero attached hydrogens (tertiary/aromatic N) is 2. The molecule has 0 amide bonds. The van der Waals surface area contributed by atoms with Crippen molar-refractivity contribution < 1.29 is 9.26 Å². The van der Waals surface area contributed by atoms with Crippen LogP contribution >= 0.6 is 11.6 Å². The zero-order valence-electron chi connectivity index (χ0n) is 10.0. The number of benzene rings is 1. The minimum Gasteiger partial charge on any atom is -0.381 e. The Balaban J connectivity index is 1.97. The van der Waals surface area contributed by atoms with Crippen LogP contribution in [0.15, 0.2) is 22.7 Å². The van der Waals surface area contributed by atoms with Crippen LogP contribution in [-0.2, 0) is 4.74 Å². The average Bonchev–Trinajstić information content (AvgIpc) is 2.99. The van der Waals surface area contributed by atoms with E-state index in [-0.39, 0.29) is 5.92 Å². The number of halogens is 1. The first-order valence-corrected chi connectivity index (χ1v) is 6.30. The molecule has 0 N–H and O–H groups in total. The van der Waals surface area contributed by atoms with Gasteiger partial charge in [0, 0.05) is 12.5 Å². The van der Waals surface area contributed by atoms with Gasteiger partial charge in [-0.25, -0.2) is 0 Å². The van der Waals surface area contributed by atoms with Gasteiger partial charge in [-0.2, -0.15) is 4.98 Å². The van der Waals surface area contributed by atoms with Crippen LogP contribution in [0.5, 0.6) is 0 Å². The van der Waals surface area contributed by atoms with Crippen molar-refractivity contribution in [1.29, 1.82) is 0 Å². The highest BCUT2D eigenvalue weighted by molar-refractivity contribution is 6.33. The van der Waals surface area contributed by atoms with Crippen molar-refractivity contribution in [3.63, 3.8) is 0 Å². The number of ether oxygens (including phenoxy) is 1. The third kappa shape index (κ3) is 2.02. The fourth-order valence-electron chi connectivity index (χ4n) is 2.14. The molecule has 1 aromatic heterocycles. The van der Waals surface area contributed by atoms with Gasteiger partial charge in [-0.1, -0.05) is 28.9 Å². The molecule has 0 spiro atoms. The third-order valence-electron chi connectivity index (χ3n) is 3.17. The van der Waals surface area contributed by atoms with Gasteiger partial charge in [0.05, 0.1) is 17.2 Å². The predicted octanol–water partition coefficient (Wildman–Crippen LogP) is 3.20. The van der Waals surface area contributed by atoms with Crippen LogP contribution in [0.3, 0.4) is 0 Å². The molecule has 4 nitrogen and oxygen atoms in total. The van der Waals surface area contributed by atoms with E-state index < -0.39 is 0 Å². The quantitative estimate of drug-likeness (QED) is 0.836. The van der Waals surface area contributed by atoms with Crippen molar-refractivity contribution >= 4 is 11.6 Å². The Labute approximate surface area is 110 Å². The molecule has 0 radical (unpaired) electrons. The summed E-state index contributed by atoms with van der Waals surface area (Å²) >= 11 is 6.18. The van der Waals surface area contributed by atoms with Gasteiger partial charge < -0.3 is 9.26 Å². The van der Waals surface area contributed by atoms with Crippen molar-refractivity contribution in [2.24, 2.45) is 0 Å². The molecule has 1 fully saturated rings. The highest BCUT2D eigenvalue weighted by Crippen LogP contribution is 2.31. The first-order chi connectivity index (χ1) is 8.75. The molecule has 1 atom stereocenters. The van der Waals surface area contributed by atoms with E-state index in [2.05, 4.69) is 10.1 Å². The predicted molar refractivity (Wildman–Crippen MR) is 67.7 cm³/mol. The third-order valence-corrected chi connectivity index (χ3v) is 3.49. The van der Waals surface area contributed by atoms with Crippen LogP contribution in [0.2, 0.25) is 5.02 Å². The lowest BCUT2D eigenvalue weighted by Gasteiger charge is -2.02. The second kappa shape index (κ2) is 4.71. The number of rotatable bonds is 2. The molecule has 1 aliphatic rings. The molecular formula is C13H13ClN2O2. The summed E-state index contributed by atoms with van der Waals surface area (Å²) in [7, 11) is 0. The Morgan fingerprint density at radius 2 is 2.28 bits per heavy atom. The minimum atomic E-state index is 0.241. The Morgan fingerprint density at radius 1 is 1.39 bits per heavy atom. The first kappa shape index (κ1) is 11.7. The summed E-state index contributed by atoms with van der Waals surface area (Å²) in [6.07, 6.45) is 0.945. The van der Waals surface area contributed by atoms with Crippen molar-refractivity contribution in [2.75, 3.05) is 13.2 Å². The standard InChI is InChI=1S/C13H13ClN2O2/c1-8-3-2-4-10(14)11(8)13-15-12(16-18-13)9-5-6-17-7-9/h2-4,9H,5-7H2,1H3. The van der Waals surface area contributed by atoms with E-state index >= 15 is 0 Å².